The van der Waals surface area contributed by atoms with Crippen LogP contribution in [0.25, 0.3) is 0 Å². The van der Waals surface area contributed by atoms with E-state index in [1.807, 2.05) is 0 Å². The molecule has 27 heavy (non-hydrogen) atoms. The van der Waals surface area contributed by atoms with E-state index < -0.39 is 14.9 Å². The lowest BCUT2D eigenvalue weighted by Gasteiger charge is -2.26. The van der Waals surface area contributed by atoms with E-state index in [9.17, 15) is 18.5 Å². The molecule has 1 heterocycles. The molecule has 2 aromatic carbocycles. The Kier molecular flexibility index (Phi) is 5.73. The number of nitrogens with zero attached hydrogens (tertiary/aromatic N) is 2. The average molecular weight is 392 g/mol. The van der Waals surface area contributed by atoms with Crippen LogP contribution in [0.3, 0.4) is 0 Å². The van der Waals surface area contributed by atoms with Crippen molar-refractivity contribution in [3.8, 4) is 5.75 Å². The highest BCUT2D eigenvalue weighted by Crippen LogP contribution is 2.28. The lowest BCUT2D eigenvalue weighted by Crippen LogP contribution is -2.40. The summed E-state index contributed by atoms with van der Waals surface area (Å²) in [5.41, 5.74) is 1.25. The molecule has 9 heteroatoms. The summed E-state index contributed by atoms with van der Waals surface area (Å²) in [5, 5.41) is 11.2. The minimum absolute atomic E-state index is 0.0242. The van der Waals surface area contributed by atoms with E-state index >= 15 is 0 Å². The molecule has 1 saturated heterocycles. The molecule has 1 aliphatic rings. The quantitative estimate of drug-likeness (QED) is 0.553. The van der Waals surface area contributed by atoms with Crippen molar-refractivity contribution in [1.82, 2.24) is 4.31 Å². The molecule has 1 fully saturated rings. The van der Waals surface area contributed by atoms with Crippen molar-refractivity contribution in [2.45, 2.75) is 18.4 Å². The summed E-state index contributed by atoms with van der Waals surface area (Å²) >= 11 is 0. The number of morpholine rings is 1. The van der Waals surface area contributed by atoms with Crippen molar-refractivity contribution in [2.75, 3.05) is 26.3 Å². The summed E-state index contributed by atoms with van der Waals surface area (Å²) in [6.45, 7) is 3.17. The predicted molar refractivity (Wildman–Crippen MR) is 98.2 cm³/mol. The Morgan fingerprint density at radius 3 is 2.63 bits per heavy atom. The molecular formula is C18H20N2O6S. The second kappa shape index (κ2) is 8.03. The van der Waals surface area contributed by atoms with E-state index in [0.29, 0.717) is 31.9 Å². The van der Waals surface area contributed by atoms with Gasteiger partial charge in [0.1, 0.15) is 6.61 Å². The molecule has 0 unspecified atom stereocenters. The molecule has 0 saturated carbocycles. The molecule has 0 amide bonds. The fourth-order valence-corrected chi connectivity index (χ4v) is 4.26. The fraction of sp³-hybridized carbons (Fsp3) is 0.333. The van der Waals surface area contributed by atoms with Crippen molar-refractivity contribution in [3.63, 3.8) is 0 Å². The van der Waals surface area contributed by atoms with E-state index in [0.717, 1.165) is 5.56 Å². The third kappa shape index (κ3) is 4.44. The lowest BCUT2D eigenvalue weighted by atomic mass is 10.2. The van der Waals surface area contributed by atoms with Gasteiger partial charge >= 0.3 is 5.69 Å². The van der Waals surface area contributed by atoms with Gasteiger partial charge in [-0.05, 0) is 36.2 Å². The van der Waals surface area contributed by atoms with Gasteiger partial charge in [0, 0.05) is 19.2 Å². The topological polar surface area (TPSA) is 99.0 Å². The highest BCUT2D eigenvalue weighted by molar-refractivity contribution is 7.89. The Balaban J connectivity index is 1.78. The smallest absolute Gasteiger partial charge is 0.311 e. The summed E-state index contributed by atoms with van der Waals surface area (Å²) in [5.74, 6) is 0.145. The molecule has 1 aliphatic heterocycles. The number of benzene rings is 2. The Bertz CT molecular complexity index is 939. The second-order valence-corrected chi connectivity index (χ2v) is 8.12. The third-order valence-electron chi connectivity index (χ3n) is 4.21. The molecule has 0 N–H and O–H groups in total. The maximum atomic E-state index is 12.7. The van der Waals surface area contributed by atoms with Gasteiger partial charge in [0.25, 0.3) is 0 Å². The molecule has 0 spiro atoms. The van der Waals surface area contributed by atoms with Crippen molar-refractivity contribution < 1.29 is 22.8 Å². The Labute approximate surface area is 157 Å². The molecule has 144 valence electrons. The van der Waals surface area contributed by atoms with Crippen LogP contribution in [-0.2, 0) is 21.4 Å². The van der Waals surface area contributed by atoms with Crippen molar-refractivity contribution in [1.29, 1.82) is 0 Å². The summed E-state index contributed by atoms with van der Waals surface area (Å²) in [6.07, 6.45) is 0. The Morgan fingerprint density at radius 1 is 1.19 bits per heavy atom. The molecule has 0 aromatic heterocycles. The number of sulfonamides is 1. The minimum Gasteiger partial charge on any atom is -0.482 e. The number of nitro benzene ring substituents is 1. The maximum Gasteiger partial charge on any atom is 0.311 e. The summed E-state index contributed by atoms with van der Waals surface area (Å²) in [4.78, 5) is 10.8. The average Bonchev–Trinajstić information content (AvgIpc) is 2.68. The largest absolute Gasteiger partial charge is 0.482 e. The van der Waals surface area contributed by atoms with Crippen LogP contribution < -0.4 is 4.74 Å². The number of nitro groups is 1. The summed E-state index contributed by atoms with van der Waals surface area (Å²) < 4.78 is 37.6. The molecular weight excluding hydrogens is 372 g/mol. The standard InChI is InChI=1S/C18H20N2O6S/c1-14-5-6-18(17(11-14)20(21)22)26-13-15-3-2-4-16(12-15)27(23,24)19-7-9-25-10-8-19/h2-6,11-12H,7-10,13H2,1H3. The number of ether oxygens (including phenoxy) is 2. The van der Waals surface area contributed by atoms with Gasteiger partial charge in [-0.15, -0.1) is 0 Å². The highest BCUT2D eigenvalue weighted by atomic mass is 32.2. The van der Waals surface area contributed by atoms with Gasteiger partial charge in [-0.1, -0.05) is 18.2 Å². The summed E-state index contributed by atoms with van der Waals surface area (Å²) in [6, 6.07) is 11.1. The first-order valence-electron chi connectivity index (χ1n) is 8.42. The van der Waals surface area contributed by atoms with Gasteiger partial charge in [-0.3, -0.25) is 10.1 Å². The normalized spacial score (nSPS) is 15.4. The number of aryl methyl sites for hydroxylation is 1. The van der Waals surface area contributed by atoms with Gasteiger partial charge in [0.15, 0.2) is 5.75 Å². The highest BCUT2D eigenvalue weighted by Gasteiger charge is 2.26. The Hall–Kier alpha value is -2.49. The molecule has 0 radical (unpaired) electrons. The molecule has 0 atom stereocenters. The summed E-state index contributed by atoms with van der Waals surface area (Å²) in [7, 11) is -3.61. The number of hydrogen-bond donors (Lipinski definition) is 0. The van der Waals surface area contributed by atoms with Crippen LogP contribution in [-0.4, -0.2) is 43.9 Å². The molecule has 8 nitrogen and oxygen atoms in total. The zero-order chi connectivity index (χ0) is 19.4. The van der Waals surface area contributed by atoms with E-state index in [1.54, 1.807) is 31.2 Å². The van der Waals surface area contributed by atoms with E-state index in [2.05, 4.69) is 0 Å². The van der Waals surface area contributed by atoms with Gasteiger partial charge in [0.05, 0.1) is 23.0 Å². The van der Waals surface area contributed by atoms with Gasteiger partial charge in [0.2, 0.25) is 10.0 Å². The van der Waals surface area contributed by atoms with Gasteiger partial charge in [-0.2, -0.15) is 4.31 Å². The second-order valence-electron chi connectivity index (χ2n) is 6.18. The van der Waals surface area contributed by atoms with Crippen LogP contribution >= 0.6 is 0 Å². The first-order valence-corrected chi connectivity index (χ1v) is 9.86. The van der Waals surface area contributed by atoms with Crippen LogP contribution in [0.15, 0.2) is 47.4 Å². The van der Waals surface area contributed by atoms with Crippen LogP contribution in [0.2, 0.25) is 0 Å². The van der Waals surface area contributed by atoms with Gasteiger partial charge < -0.3 is 9.47 Å². The first kappa shape index (κ1) is 19.3. The molecule has 0 bridgehead atoms. The molecule has 2 aromatic rings. The van der Waals surface area contributed by atoms with Gasteiger partial charge in [-0.25, -0.2) is 8.42 Å². The van der Waals surface area contributed by atoms with Crippen LogP contribution in [0.1, 0.15) is 11.1 Å². The SMILES string of the molecule is Cc1ccc(OCc2cccc(S(=O)(=O)N3CCOCC3)c2)c([N+](=O)[O-])c1. The minimum atomic E-state index is -3.61. The maximum absolute atomic E-state index is 12.7. The number of hydrogen-bond acceptors (Lipinski definition) is 6. The predicted octanol–water partition coefficient (Wildman–Crippen LogP) is 2.50. The monoisotopic (exact) mass is 392 g/mol. The van der Waals surface area contributed by atoms with Crippen molar-refractivity contribution in [3.05, 3.63) is 63.7 Å². The van der Waals surface area contributed by atoms with E-state index in [-0.39, 0.29) is 22.9 Å². The van der Waals surface area contributed by atoms with Crippen molar-refractivity contribution in [2.24, 2.45) is 0 Å². The number of rotatable bonds is 6. The molecule has 3 rings (SSSR count). The van der Waals surface area contributed by atoms with Crippen molar-refractivity contribution >= 4 is 15.7 Å². The lowest BCUT2D eigenvalue weighted by molar-refractivity contribution is -0.386. The van der Waals surface area contributed by atoms with Crippen LogP contribution in [0.5, 0.6) is 5.75 Å². The first-order chi connectivity index (χ1) is 12.9. The Morgan fingerprint density at radius 2 is 1.93 bits per heavy atom. The third-order valence-corrected chi connectivity index (χ3v) is 6.11. The van der Waals surface area contributed by atoms with E-state index in [4.69, 9.17) is 9.47 Å². The van der Waals surface area contributed by atoms with E-state index in [1.165, 1.54) is 22.5 Å². The van der Waals surface area contributed by atoms with Crippen LogP contribution in [0, 0.1) is 17.0 Å². The zero-order valence-corrected chi connectivity index (χ0v) is 15.6. The fourth-order valence-electron chi connectivity index (χ4n) is 2.78. The van der Waals surface area contributed by atoms with Crippen LogP contribution in [0.4, 0.5) is 5.69 Å². The zero-order valence-electron chi connectivity index (χ0n) is 14.8. The molecule has 0 aliphatic carbocycles.